The highest BCUT2D eigenvalue weighted by molar-refractivity contribution is 14.1. The molecule has 0 fully saturated rings. The van der Waals surface area contributed by atoms with Crippen molar-refractivity contribution in [3.05, 3.63) is 97.6 Å². The van der Waals surface area contributed by atoms with Crippen LogP contribution in [0.15, 0.2) is 72.3 Å². The molecule has 0 aliphatic heterocycles. The Bertz CT molecular complexity index is 1150. The number of ether oxygens (including phenoxy) is 1. The zero-order valence-corrected chi connectivity index (χ0v) is 19.8. The second-order valence-corrected chi connectivity index (χ2v) is 8.24. The maximum atomic E-state index is 12.5. The third-order valence-corrected chi connectivity index (χ3v) is 5.84. The number of carbonyl (C=O) groups is 1. The van der Waals surface area contributed by atoms with Crippen molar-refractivity contribution in [2.45, 2.75) is 13.3 Å². The molecule has 156 valence electrons. The van der Waals surface area contributed by atoms with Crippen molar-refractivity contribution in [3.8, 4) is 11.8 Å². The van der Waals surface area contributed by atoms with Crippen LogP contribution >= 0.6 is 34.2 Å². The van der Waals surface area contributed by atoms with E-state index in [4.69, 9.17) is 16.3 Å². The minimum atomic E-state index is -0.457. The lowest BCUT2D eigenvalue weighted by Crippen LogP contribution is -2.13. The molecule has 1 N–H and O–H groups in total. The molecule has 0 aliphatic rings. The molecule has 6 heteroatoms. The predicted molar refractivity (Wildman–Crippen MR) is 133 cm³/mol. The van der Waals surface area contributed by atoms with E-state index in [-0.39, 0.29) is 5.57 Å². The second-order valence-electron chi connectivity index (χ2n) is 6.67. The summed E-state index contributed by atoms with van der Waals surface area (Å²) in [4.78, 5) is 12.5. The summed E-state index contributed by atoms with van der Waals surface area (Å²) in [6.45, 7) is 2.42. The number of para-hydroxylation sites is 1. The van der Waals surface area contributed by atoms with Crippen LogP contribution in [0.3, 0.4) is 0 Å². The molecule has 0 spiro atoms. The molecule has 3 aromatic rings. The molecule has 0 saturated heterocycles. The zero-order valence-electron chi connectivity index (χ0n) is 16.9. The van der Waals surface area contributed by atoms with E-state index in [2.05, 4.69) is 27.9 Å². The number of halogens is 2. The Morgan fingerprint density at radius 1 is 1.16 bits per heavy atom. The standard InChI is InChI=1S/C25H20ClIN2O2/c1-2-31-24-14-17(12-19(16-28)25(30)29-20-9-4-3-5-10-20)13-23(27)21(24)15-18-8-6-7-11-22(18)26/h3-14H,2,15H2,1H3,(H,29,30)/b19-12+. The van der Waals surface area contributed by atoms with Crippen LogP contribution < -0.4 is 10.1 Å². The maximum Gasteiger partial charge on any atom is 0.266 e. The van der Waals surface area contributed by atoms with E-state index in [9.17, 15) is 10.1 Å². The maximum absolute atomic E-state index is 12.5. The summed E-state index contributed by atoms with van der Waals surface area (Å²) < 4.78 is 6.85. The molecular formula is C25H20ClIN2O2. The minimum absolute atomic E-state index is 0.0148. The second kappa shape index (κ2) is 11.0. The van der Waals surface area contributed by atoms with Gasteiger partial charge in [0.25, 0.3) is 5.91 Å². The molecule has 0 bridgehead atoms. The molecular weight excluding hydrogens is 523 g/mol. The number of rotatable bonds is 7. The van der Waals surface area contributed by atoms with E-state index >= 15 is 0 Å². The highest BCUT2D eigenvalue weighted by atomic mass is 127. The molecule has 0 aliphatic carbocycles. The van der Waals surface area contributed by atoms with E-state index < -0.39 is 5.91 Å². The third-order valence-electron chi connectivity index (χ3n) is 4.51. The van der Waals surface area contributed by atoms with E-state index in [1.54, 1.807) is 18.2 Å². The molecule has 4 nitrogen and oxygen atoms in total. The van der Waals surface area contributed by atoms with Gasteiger partial charge in [0.15, 0.2) is 0 Å². The Balaban J connectivity index is 1.93. The summed E-state index contributed by atoms with van der Waals surface area (Å²) in [5.74, 6) is 0.253. The normalized spacial score (nSPS) is 11.0. The van der Waals surface area contributed by atoms with Crippen LogP contribution in [0.1, 0.15) is 23.6 Å². The summed E-state index contributed by atoms with van der Waals surface area (Å²) in [7, 11) is 0. The number of anilines is 1. The van der Waals surface area contributed by atoms with Crippen LogP contribution in [-0.4, -0.2) is 12.5 Å². The van der Waals surface area contributed by atoms with Crippen molar-refractivity contribution in [2.24, 2.45) is 0 Å². The molecule has 1 amide bonds. The smallest absolute Gasteiger partial charge is 0.266 e. The number of benzene rings is 3. The van der Waals surface area contributed by atoms with Gasteiger partial charge in [0.2, 0.25) is 0 Å². The van der Waals surface area contributed by atoms with Crippen molar-refractivity contribution in [3.63, 3.8) is 0 Å². The average molecular weight is 543 g/mol. The van der Waals surface area contributed by atoms with E-state index in [1.165, 1.54) is 0 Å². The minimum Gasteiger partial charge on any atom is -0.494 e. The number of nitriles is 1. The van der Waals surface area contributed by atoms with E-state index in [0.29, 0.717) is 29.5 Å². The first-order chi connectivity index (χ1) is 15.0. The number of nitrogens with zero attached hydrogens (tertiary/aromatic N) is 1. The first-order valence-electron chi connectivity index (χ1n) is 9.68. The van der Waals surface area contributed by atoms with E-state index in [1.807, 2.05) is 67.6 Å². The van der Waals surface area contributed by atoms with Gasteiger partial charge in [-0.15, -0.1) is 0 Å². The number of hydrogen-bond donors (Lipinski definition) is 1. The number of nitrogens with one attached hydrogen (secondary N) is 1. The first kappa shape index (κ1) is 22.9. The fraction of sp³-hybridized carbons (Fsp3) is 0.120. The average Bonchev–Trinajstić information content (AvgIpc) is 2.76. The largest absolute Gasteiger partial charge is 0.494 e. The lowest BCUT2D eigenvalue weighted by atomic mass is 10.0. The van der Waals surface area contributed by atoms with Crippen LogP contribution in [0.4, 0.5) is 5.69 Å². The Labute approximate surface area is 200 Å². The molecule has 3 aromatic carbocycles. The first-order valence-corrected chi connectivity index (χ1v) is 11.1. The Kier molecular flexibility index (Phi) is 8.10. The van der Waals surface area contributed by atoms with Gasteiger partial charge in [0.05, 0.1) is 6.61 Å². The van der Waals surface area contributed by atoms with Gasteiger partial charge in [-0.25, -0.2) is 0 Å². The summed E-state index contributed by atoms with van der Waals surface area (Å²) >= 11 is 8.59. The lowest BCUT2D eigenvalue weighted by Gasteiger charge is -2.15. The van der Waals surface area contributed by atoms with E-state index in [0.717, 1.165) is 20.3 Å². The molecule has 0 aromatic heterocycles. The highest BCUT2D eigenvalue weighted by Crippen LogP contribution is 2.31. The van der Waals surface area contributed by atoms with Gasteiger partial charge in [-0.05, 0) is 77.0 Å². The molecule has 0 saturated carbocycles. The van der Waals surface area contributed by atoms with Crippen LogP contribution in [0.2, 0.25) is 5.02 Å². The van der Waals surface area contributed by atoms with Gasteiger partial charge in [0, 0.05) is 26.3 Å². The van der Waals surface area contributed by atoms with Crippen LogP contribution in [0.25, 0.3) is 6.08 Å². The molecule has 0 unspecified atom stereocenters. The van der Waals surface area contributed by atoms with Crippen molar-refractivity contribution in [2.75, 3.05) is 11.9 Å². The molecule has 3 rings (SSSR count). The monoisotopic (exact) mass is 542 g/mol. The van der Waals surface area contributed by atoms with Crippen molar-refractivity contribution >= 4 is 51.9 Å². The molecule has 31 heavy (non-hydrogen) atoms. The van der Waals surface area contributed by atoms with Crippen molar-refractivity contribution in [1.29, 1.82) is 5.26 Å². The van der Waals surface area contributed by atoms with Gasteiger partial charge in [-0.2, -0.15) is 5.26 Å². The number of amides is 1. The van der Waals surface area contributed by atoms with Gasteiger partial charge in [-0.3, -0.25) is 4.79 Å². The van der Waals surface area contributed by atoms with Crippen molar-refractivity contribution < 1.29 is 9.53 Å². The Hall–Kier alpha value is -2.82. The quantitative estimate of drug-likeness (QED) is 0.211. The topological polar surface area (TPSA) is 62.1 Å². The zero-order chi connectivity index (χ0) is 22.2. The SMILES string of the molecule is CCOc1cc(/C=C(\C#N)C(=O)Nc2ccccc2)cc(I)c1Cc1ccccc1Cl. The highest BCUT2D eigenvalue weighted by Gasteiger charge is 2.15. The fourth-order valence-electron chi connectivity index (χ4n) is 3.04. The Morgan fingerprint density at radius 3 is 2.55 bits per heavy atom. The van der Waals surface area contributed by atoms with Gasteiger partial charge in [-0.1, -0.05) is 48.0 Å². The van der Waals surface area contributed by atoms with Gasteiger partial charge in [0.1, 0.15) is 17.4 Å². The summed E-state index contributed by atoms with van der Waals surface area (Å²) in [5.41, 5.74) is 3.39. The summed E-state index contributed by atoms with van der Waals surface area (Å²) in [5, 5.41) is 13.0. The van der Waals surface area contributed by atoms with Crippen LogP contribution in [0.5, 0.6) is 5.75 Å². The lowest BCUT2D eigenvalue weighted by molar-refractivity contribution is -0.112. The molecule has 0 heterocycles. The molecule has 0 radical (unpaired) electrons. The molecule has 0 atom stereocenters. The summed E-state index contributed by atoms with van der Waals surface area (Å²) in [6.07, 6.45) is 2.19. The van der Waals surface area contributed by atoms with Crippen molar-refractivity contribution in [1.82, 2.24) is 0 Å². The number of carbonyl (C=O) groups excluding carboxylic acids is 1. The predicted octanol–water partition coefficient (Wildman–Crippen LogP) is 6.48. The van der Waals surface area contributed by atoms with Crippen LogP contribution in [0, 0.1) is 14.9 Å². The number of hydrogen-bond acceptors (Lipinski definition) is 3. The summed E-state index contributed by atoms with van der Waals surface area (Å²) in [6, 6.07) is 22.5. The Morgan fingerprint density at radius 2 is 1.87 bits per heavy atom. The van der Waals surface area contributed by atoms with Gasteiger partial charge >= 0.3 is 0 Å². The third kappa shape index (κ3) is 6.09. The fourth-order valence-corrected chi connectivity index (χ4v) is 4.06. The van der Waals surface area contributed by atoms with Crippen LogP contribution in [-0.2, 0) is 11.2 Å². The van der Waals surface area contributed by atoms with Gasteiger partial charge < -0.3 is 10.1 Å².